The summed E-state index contributed by atoms with van der Waals surface area (Å²) in [7, 11) is 0. The minimum atomic E-state index is -0.536. The maximum Gasteiger partial charge on any atom is 0.309 e. The van der Waals surface area contributed by atoms with Crippen LogP contribution in [-0.2, 0) is 14.3 Å². The number of benzene rings is 1. The number of morpholine rings is 1. The Hall–Kier alpha value is -1.92. The molecular formula is C21H31N3O3. The lowest BCUT2D eigenvalue weighted by Gasteiger charge is -2.35. The van der Waals surface area contributed by atoms with E-state index in [-0.39, 0.29) is 12.1 Å². The van der Waals surface area contributed by atoms with Gasteiger partial charge >= 0.3 is 11.8 Å². The SMILES string of the molecule is Cc1ccc([C@@H](CNC(=O)C(=O)NC2CCCCC2)N2CCOCC2)cc1. The molecule has 2 N–H and O–H groups in total. The fraction of sp³-hybridized carbons (Fsp3) is 0.619. The Balaban J connectivity index is 1.58. The molecule has 1 atom stereocenters. The molecule has 0 aromatic heterocycles. The molecule has 1 aromatic carbocycles. The lowest BCUT2D eigenvalue weighted by Crippen LogP contribution is -2.48. The standard InChI is InChI=1S/C21H31N3O3/c1-16-7-9-17(10-8-16)19(24-11-13-27-14-12-24)15-22-20(25)21(26)23-18-5-3-2-4-6-18/h7-10,18-19H,2-6,11-15H2,1H3,(H,22,25)(H,23,26)/t19-/m1/s1. The maximum atomic E-state index is 12.3. The van der Waals surface area contributed by atoms with Crippen molar-refractivity contribution in [3.05, 3.63) is 35.4 Å². The smallest absolute Gasteiger partial charge is 0.309 e. The zero-order valence-electron chi connectivity index (χ0n) is 16.2. The van der Waals surface area contributed by atoms with Crippen molar-refractivity contribution in [2.75, 3.05) is 32.8 Å². The molecule has 2 fully saturated rings. The monoisotopic (exact) mass is 373 g/mol. The van der Waals surface area contributed by atoms with Gasteiger partial charge in [-0.2, -0.15) is 0 Å². The summed E-state index contributed by atoms with van der Waals surface area (Å²) in [6.07, 6.45) is 5.41. The number of hydrogen-bond acceptors (Lipinski definition) is 4. The van der Waals surface area contributed by atoms with Crippen molar-refractivity contribution < 1.29 is 14.3 Å². The van der Waals surface area contributed by atoms with Crippen LogP contribution in [0.2, 0.25) is 0 Å². The van der Waals surface area contributed by atoms with Crippen molar-refractivity contribution in [3.63, 3.8) is 0 Å². The van der Waals surface area contributed by atoms with Gasteiger partial charge in [-0.25, -0.2) is 0 Å². The van der Waals surface area contributed by atoms with Gasteiger partial charge in [-0.05, 0) is 25.3 Å². The lowest BCUT2D eigenvalue weighted by atomic mass is 9.95. The topological polar surface area (TPSA) is 70.7 Å². The number of amides is 2. The summed E-state index contributed by atoms with van der Waals surface area (Å²) in [5, 5.41) is 5.73. The number of rotatable bonds is 5. The van der Waals surface area contributed by atoms with E-state index in [1.54, 1.807) is 0 Å². The van der Waals surface area contributed by atoms with Crippen molar-refractivity contribution in [2.45, 2.75) is 51.1 Å². The van der Waals surface area contributed by atoms with Crippen LogP contribution in [0.3, 0.4) is 0 Å². The molecule has 1 aliphatic heterocycles. The largest absolute Gasteiger partial charge is 0.379 e. The molecule has 1 saturated carbocycles. The summed E-state index contributed by atoms with van der Waals surface area (Å²) in [5.41, 5.74) is 2.35. The second kappa shape index (κ2) is 9.85. The van der Waals surface area contributed by atoms with Gasteiger partial charge < -0.3 is 15.4 Å². The van der Waals surface area contributed by atoms with Crippen LogP contribution in [0.1, 0.15) is 49.3 Å². The summed E-state index contributed by atoms with van der Waals surface area (Å²) in [6.45, 7) is 5.51. The van der Waals surface area contributed by atoms with Crippen molar-refractivity contribution in [3.8, 4) is 0 Å². The molecule has 1 aliphatic carbocycles. The molecule has 2 amide bonds. The quantitative estimate of drug-likeness (QED) is 0.774. The van der Waals surface area contributed by atoms with Crippen LogP contribution >= 0.6 is 0 Å². The van der Waals surface area contributed by atoms with E-state index >= 15 is 0 Å². The summed E-state index contributed by atoms with van der Waals surface area (Å²) in [5.74, 6) is -1.04. The molecule has 1 aromatic rings. The molecule has 3 rings (SSSR count). The molecule has 0 unspecified atom stereocenters. The second-order valence-electron chi connectivity index (χ2n) is 7.59. The minimum Gasteiger partial charge on any atom is -0.379 e. The molecular weight excluding hydrogens is 342 g/mol. The number of hydrogen-bond donors (Lipinski definition) is 2. The van der Waals surface area contributed by atoms with Crippen LogP contribution in [-0.4, -0.2) is 55.6 Å². The average molecular weight is 373 g/mol. The van der Waals surface area contributed by atoms with Gasteiger partial charge in [-0.3, -0.25) is 14.5 Å². The van der Waals surface area contributed by atoms with Crippen LogP contribution in [0.5, 0.6) is 0 Å². The third-order valence-corrected chi connectivity index (χ3v) is 5.55. The number of aryl methyl sites for hydroxylation is 1. The first kappa shape index (κ1) is 19.8. The van der Waals surface area contributed by atoms with E-state index in [9.17, 15) is 9.59 Å². The van der Waals surface area contributed by atoms with Crippen molar-refractivity contribution in [1.29, 1.82) is 0 Å². The van der Waals surface area contributed by atoms with Crippen LogP contribution < -0.4 is 10.6 Å². The summed E-state index contributed by atoms with van der Waals surface area (Å²) >= 11 is 0. The van der Waals surface area contributed by atoms with E-state index in [0.717, 1.165) is 44.3 Å². The Morgan fingerprint density at radius 2 is 1.74 bits per heavy atom. The van der Waals surface area contributed by atoms with Crippen molar-refractivity contribution >= 4 is 11.8 Å². The van der Waals surface area contributed by atoms with E-state index < -0.39 is 11.8 Å². The molecule has 6 heteroatoms. The Labute approximate surface area is 161 Å². The Morgan fingerprint density at radius 1 is 1.07 bits per heavy atom. The van der Waals surface area contributed by atoms with Gasteiger partial charge in [0.1, 0.15) is 0 Å². The second-order valence-corrected chi connectivity index (χ2v) is 7.59. The highest BCUT2D eigenvalue weighted by atomic mass is 16.5. The predicted molar refractivity (Wildman–Crippen MR) is 104 cm³/mol. The fourth-order valence-corrected chi connectivity index (χ4v) is 3.90. The first-order valence-corrected chi connectivity index (χ1v) is 10.1. The predicted octanol–water partition coefficient (Wildman–Crippen LogP) is 1.93. The van der Waals surface area contributed by atoms with Gasteiger partial charge in [0, 0.05) is 25.7 Å². The van der Waals surface area contributed by atoms with E-state index in [4.69, 9.17) is 4.74 Å². The van der Waals surface area contributed by atoms with Crippen LogP contribution in [0.25, 0.3) is 0 Å². The van der Waals surface area contributed by atoms with Crippen LogP contribution in [0.4, 0.5) is 0 Å². The van der Waals surface area contributed by atoms with Gasteiger partial charge in [0.2, 0.25) is 0 Å². The molecule has 6 nitrogen and oxygen atoms in total. The number of carbonyl (C=O) groups is 2. The first-order valence-electron chi connectivity index (χ1n) is 10.1. The van der Waals surface area contributed by atoms with Gasteiger partial charge in [0.15, 0.2) is 0 Å². The first-order chi connectivity index (χ1) is 13.1. The highest BCUT2D eigenvalue weighted by Gasteiger charge is 2.25. The molecule has 0 spiro atoms. The number of nitrogens with one attached hydrogen (secondary N) is 2. The van der Waals surface area contributed by atoms with Crippen molar-refractivity contribution in [2.24, 2.45) is 0 Å². The van der Waals surface area contributed by atoms with E-state index in [1.165, 1.54) is 12.0 Å². The molecule has 0 radical (unpaired) electrons. The lowest BCUT2D eigenvalue weighted by molar-refractivity contribution is -0.140. The zero-order valence-corrected chi connectivity index (χ0v) is 16.2. The molecule has 27 heavy (non-hydrogen) atoms. The average Bonchev–Trinajstić information content (AvgIpc) is 2.71. The van der Waals surface area contributed by atoms with Gasteiger partial charge in [0.25, 0.3) is 0 Å². The summed E-state index contributed by atoms with van der Waals surface area (Å²) in [6, 6.07) is 8.55. The normalized spacial score (nSPS) is 20.0. The maximum absolute atomic E-state index is 12.3. The third-order valence-electron chi connectivity index (χ3n) is 5.55. The number of nitrogens with zero attached hydrogens (tertiary/aromatic N) is 1. The van der Waals surface area contributed by atoms with Crippen molar-refractivity contribution in [1.82, 2.24) is 15.5 Å². The minimum absolute atomic E-state index is 0.0425. The zero-order chi connectivity index (χ0) is 19.1. The Bertz CT molecular complexity index is 620. The van der Waals surface area contributed by atoms with E-state index in [0.29, 0.717) is 19.8 Å². The molecule has 0 bridgehead atoms. The van der Waals surface area contributed by atoms with E-state index in [1.807, 2.05) is 0 Å². The van der Waals surface area contributed by atoms with E-state index in [2.05, 4.69) is 46.7 Å². The molecule has 148 valence electrons. The van der Waals surface area contributed by atoms with Crippen LogP contribution in [0, 0.1) is 6.92 Å². The third kappa shape index (κ3) is 5.78. The highest BCUT2D eigenvalue weighted by molar-refractivity contribution is 6.35. The Morgan fingerprint density at radius 3 is 2.41 bits per heavy atom. The fourth-order valence-electron chi connectivity index (χ4n) is 3.90. The van der Waals surface area contributed by atoms with Crippen LogP contribution in [0.15, 0.2) is 24.3 Å². The highest BCUT2D eigenvalue weighted by Crippen LogP contribution is 2.22. The van der Waals surface area contributed by atoms with Gasteiger partial charge in [0.05, 0.1) is 19.3 Å². The van der Waals surface area contributed by atoms with Gasteiger partial charge in [-0.1, -0.05) is 49.1 Å². The molecule has 1 saturated heterocycles. The van der Waals surface area contributed by atoms with Gasteiger partial charge in [-0.15, -0.1) is 0 Å². The Kier molecular flexibility index (Phi) is 7.24. The number of ether oxygens (including phenoxy) is 1. The number of carbonyl (C=O) groups excluding carboxylic acids is 2. The summed E-state index contributed by atoms with van der Waals surface area (Å²) in [4.78, 5) is 26.9. The molecule has 2 aliphatic rings. The summed E-state index contributed by atoms with van der Waals surface area (Å²) < 4.78 is 5.46. The molecule has 1 heterocycles.